The molecule has 2 aromatic carbocycles. The van der Waals surface area contributed by atoms with Gasteiger partial charge in [0.05, 0.1) is 7.11 Å². The van der Waals surface area contributed by atoms with Gasteiger partial charge in [0.2, 0.25) is 5.91 Å². The van der Waals surface area contributed by atoms with Gasteiger partial charge in [0.15, 0.2) is 0 Å². The molecule has 0 bridgehead atoms. The average molecular weight is 381 g/mol. The number of carbonyl (C=O) groups excluding carboxylic acids is 2. The number of ether oxygens (including phenoxy) is 1. The fraction of sp³-hybridized carbons (Fsp3) is 0.364. The van der Waals surface area contributed by atoms with E-state index in [0.717, 1.165) is 24.9 Å². The summed E-state index contributed by atoms with van der Waals surface area (Å²) in [5.74, 6) is 0.187. The van der Waals surface area contributed by atoms with Crippen LogP contribution in [-0.2, 0) is 4.79 Å². The predicted octanol–water partition coefficient (Wildman–Crippen LogP) is 2.42. The van der Waals surface area contributed by atoms with E-state index in [1.807, 2.05) is 30.3 Å². The Morgan fingerprint density at radius 1 is 1.11 bits per heavy atom. The Hall–Kier alpha value is -2.86. The van der Waals surface area contributed by atoms with Crippen molar-refractivity contribution in [2.75, 3.05) is 13.7 Å². The Morgan fingerprint density at radius 2 is 1.82 bits per heavy atom. The maximum atomic E-state index is 13.0. The Balaban J connectivity index is 1.74. The van der Waals surface area contributed by atoms with Gasteiger partial charge < -0.3 is 20.7 Å². The van der Waals surface area contributed by atoms with E-state index >= 15 is 0 Å². The molecule has 3 unspecified atom stereocenters. The average Bonchev–Trinajstić information content (AvgIpc) is 2.72. The topological polar surface area (TPSA) is 79.5 Å². The first-order chi connectivity index (χ1) is 13.6. The van der Waals surface area contributed by atoms with Gasteiger partial charge in [0.1, 0.15) is 11.8 Å². The molecule has 6 heteroatoms. The molecule has 0 radical (unpaired) electrons. The van der Waals surface area contributed by atoms with Crippen molar-refractivity contribution < 1.29 is 14.3 Å². The Bertz CT molecular complexity index is 792. The highest BCUT2D eigenvalue weighted by molar-refractivity contribution is 5.98. The van der Waals surface area contributed by atoms with E-state index in [0.29, 0.717) is 17.4 Å². The van der Waals surface area contributed by atoms with Crippen LogP contribution in [0.25, 0.3) is 0 Å². The molecule has 3 rings (SSSR count). The zero-order valence-electron chi connectivity index (χ0n) is 16.3. The lowest BCUT2D eigenvalue weighted by atomic mass is 9.99. The lowest BCUT2D eigenvalue weighted by Crippen LogP contribution is -2.50. The van der Waals surface area contributed by atoms with Crippen molar-refractivity contribution in [3.05, 3.63) is 65.7 Å². The number of methoxy groups -OCH3 is 1. The number of piperidine rings is 1. The number of hydrogen-bond donors (Lipinski definition) is 3. The lowest BCUT2D eigenvalue weighted by molar-refractivity contribution is -0.124. The van der Waals surface area contributed by atoms with Crippen LogP contribution in [0, 0.1) is 0 Å². The molecule has 0 aliphatic carbocycles. The fourth-order valence-electron chi connectivity index (χ4n) is 3.45. The van der Waals surface area contributed by atoms with Gasteiger partial charge in [0, 0.05) is 17.6 Å². The molecule has 0 saturated carbocycles. The first-order valence-corrected chi connectivity index (χ1v) is 9.60. The van der Waals surface area contributed by atoms with Gasteiger partial charge in [-0.15, -0.1) is 0 Å². The summed E-state index contributed by atoms with van der Waals surface area (Å²) in [5.41, 5.74) is 1.23. The molecule has 28 heavy (non-hydrogen) atoms. The second-order valence-electron chi connectivity index (χ2n) is 7.13. The molecule has 1 fully saturated rings. The van der Waals surface area contributed by atoms with Crippen LogP contribution in [0.5, 0.6) is 5.75 Å². The van der Waals surface area contributed by atoms with E-state index in [1.165, 1.54) is 0 Å². The minimum Gasteiger partial charge on any atom is -0.497 e. The van der Waals surface area contributed by atoms with Gasteiger partial charge in [-0.25, -0.2) is 0 Å². The first kappa shape index (κ1) is 19.9. The van der Waals surface area contributed by atoms with Gasteiger partial charge in [-0.1, -0.05) is 30.3 Å². The predicted molar refractivity (Wildman–Crippen MR) is 108 cm³/mol. The molecule has 0 aromatic heterocycles. The van der Waals surface area contributed by atoms with Crippen molar-refractivity contribution in [3.63, 3.8) is 0 Å². The monoisotopic (exact) mass is 381 g/mol. The highest BCUT2D eigenvalue weighted by Crippen LogP contribution is 2.17. The minimum atomic E-state index is -0.749. The van der Waals surface area contributed by atoms with Crippen molar-refractivity contribution >= 4 is 11.8 Å². The summed E-state index contributed by atoms with van der Waals surface area (Å²) >= 11 is 0. The van der Waals surface area contributed by atoms with Crippen LogP contribution >= 0.6 is 0 Å². The molecular weight excluding hydrogens is 354 g/mol. The highest BCUT2D eigenvalue weighted by Gasteiger charge is 2.27. The van der Waals surface area contributed by atoms with E-state index in [9.17, 15) is 9.59 Å². The van der Waals surface area contributed by atoms with Crippen molar-refractivity contribution in [2.24, 2.45) is 0 Å². The van der Waals surface area contributed by atoms with Gasteiger partial charge in [-0.3, -0.25) is 9.59 Å². The quantitative estimate of drug-likeness (QED) is 0.718. The molecule has 148 valence electrons. The van der Waals surface area contributed by atoms with Crippen LogP contribution in [0.4, 0.5) is 0 Å². The maximum absolute atomic E-state index is 13.0. The highest BCUT2D eigenvalue weighted by atomic mass is 16.5. The van der Waals surface area contributed by atoms with Gasteiger partial charge in [-0.2, -0.15) is 0 Å². The Labute approximate surface area is 165 Å². The Kier molecular flexibility index (Phi) is 6.66. The van der Waals surface area contributed by atoms with E-state index in [1.54, 1.807) is 31.4 Å². The van der Waals surface area contributed by atoms with Gasteiger partial charge in [0.25, 0.3) is 5.91 Å². The summed E-state index contributed by atoms with van der Waals surface area (Å²) in [4.78, 5) is 25.8. The second kappa shape index (κ2) is 9.37. The van der Waals surface area contributed by atoms with E-state index in [4.69, 9.17) is 4.74 Å². The SMILES string of the molecule is COc1ccc(C(=O)NC(C(=O)NC2CCNC(C)C2)c2ccccc2)cc1. The fourth-order valence-corrected chi connectivity index (χ4v) is 3.45. The molecule has 2 amide bonds. The molecule has 6 nitrogen and oxygen atoms in total. The van der Waals surface area contributed by atoms with Gasteiger partial charge >= 0.3 is 0 Å². The number of carbonyl (C=O) groups is 2. The smallest absolute Gasteiger partial charge is 0.252 e. The molecule has 0 spiro atoms. The summed E-state index contributed by atoms with van der Waals surface area (Å²) < 4.78 is 5.13. The number of amides is 2. The molecule has 1 saturated heterocycles. The van der Waals surface area contributed by atoms with Crippen LogP contribution in [0.3, 0.4) is 0 Å². The van der Waals surface area contributed by atoms with E-state index < -0.39 is 6.04 Å². The van der Waals surface area contributed by atoms with E-state index in [2.05, 4.69) is 22.9 Å². The zero-order chi connectivity index (χ0) is 19.9. The zero-order valence-corrected chi connectivity index (χ0v) is 16.3. The molecule has 1 heterocycles. The van der Waals surface area contributed by atoms with Crippen molar-refractivity contribution in [1.82, 2.24) is 16.0 Å². The largest absolute Gasteiger partial charge is 0.497 e. The number of hydrogen-bond acceptors (Lipinski definition) is 4. The van der Waals surface area contributed by atoms with Crippen LogP contribution in [-0.4, -0.2) is 37.6 Å². The normalized spacial score (nSPS) is 20.1. The van der Waals surface area contributed by atoms with Gasteiger partial charge in [-0.05, 0) is 56.1 Å². The van der Waals surface area contributed by atoms with E-state index in [-0.39, 0.29) is 17.9 Å². The van der Waals surface area contributed by atoms with Crippen LogP contribution in [0.2, 0.25) is 0 Å². The molecule has 3 N–H and O–H groups in total. The van der Waals surface area contributed by atoms with Crippen LogP contribution in [0.1, 0.15) is 41.7 Å². The Morgan fingerprint density at radius 3 is 2.46 bits per heavy atom. The molecule has 3 atom stereocenters. The molecular formula is C22H27N3O3. The summed E-state index contributed by atoms with van der Waals surface area (Å²) in [6, 6.07) is 15.9. The number of nitrogens with one attached hydrogen (secondary N) is 3. The van der Waals surface area contributed by atoms with Crippen molar-refractivity contribution in [3.8, 4) is 5.75 Å². The summed E-state index contributed by atoms with van der Waals surface area (Å²) in [6.45, 7) is 2.98. The van der Waals surface area contributed by atoms with Crippen molar-refractivity contribution in [1.29, 1.82) is 0 Å². The third-order valence-corrected chi connectivity index (χ3v) is 4.99. The third kappa shape index (κ3) is 5.10. The standard InChI is InChI=1S/C22H27N3O3/c1-15-14-18(12-13-23-15)24-22(27)20(16-6-4-3-5-7-16)25-21(26)17-8-10-19(28-2)11-9-17/h3-11,15,18,20,23H,12-14H2,1-2H3,(H,24,27)(H,25,26). The molecule has 1 aliphatic rings. The summed E-state index contributed by atoms with van der Waals surface area (Å²) in [6.07, 6.45) is 1.75. The van der Waals surface area contributed by atoms with Crippen LogP contribution in [0.15, 0.2) is 54.6 Å². The minimum absolute atomic E-state index is 0.104. The van der Waals surface area contributed by atoms with Crippen molar-refractivity contribution in [2.45, 2.75) is 37.9 Å². The third-order valence-electron chi connectivity index (χ3n) is 4.99. The number of benzene rings is 2. The summed E-state index contributed by atoms with van der Waals surface area (Å²) in [5, 5.41) is 9.37. The number of rotatable bonds is 6. The lowest BCUT2D eigenvalue weighted by Gasteiger charge is -2.30. The molecule has 2 aromatic rings. The van der Waals surface area contributed by atoms with Crippen LogP contribution < -0.4 is 20.7 Å². The maximum Gasteiger partial charge on any atom is 0.252 e. The first-order valence-electron chi connectivity index (χ1n) is 9.60. The molecule has 1 aliphatic heterocycles. The second-order valence-corrected chi connectivity index (χ2v) is 7.13. The summed E-state index contributed by atoms with van der Waals surface area (Å²) in [7, 11) is 1.58.